The molecule has 0 saturated heterocycles. The van der Waals surface area contributed by atoms with Gasteiger partial charge in [0.2, 0.25) is 5.91 Å². The van der Waals surface area contributed by atoms with E-state index in [1.807, 2.05) is 11.4 Å². The van der Waals surface area contributed by atoms with Gasteiger partial charge in [0, 0.05) is 10.6 Å². The summed E-state index contributed by atoms with van der Waals surface area (Å²) in [5.41, 5.74) is 3.38. The maximum Gasteiger partial charge on any atom is 0.337 e. The van der Waals surface area contributed by atoms with Crippen molar-refractivity contribution < 1.29 is 14.3 Å². The van der Waals surface area contributed by atoms with E-state index in [0.717, 1.165) is 10.4 Å². The molecule has 3 aromatic rings. The van der Waals surface area contributed by atoms with Crippen LogP contribution in [0.4, 0.5) is 5.69 Å². The fourth-order valence-electron chi connectivity index (χ4n) is 2.80. The Labute approximate surface area is 168 Å². The topological polar surface area (TPSA) is 67.4 Å². The largest absolute Gasteiger partial charge is 0.465 e. The van der Waals surface area contributed by atoms with Crippen LogP contribution in [0.15, 0.2) is 66.0 Å². The van der Waals surface area contributed by atoms with Crippen LogP contribution in [-0.2, 0) is 9.53 Å². The first-order chi connectivity index (χ1) is 13.6. The molecule has 0 fully saturated rings. The number of carbonyl (C=O) groups excluding carboxylic acids is 2. The Balaban J connectivity index is 1.64. The van der Waals surface area contributed by atoms with Crippen LogP contribution in [0.2, 0.25) is 0 Å². The number of thiophene rings is 1. The Morgan fingerprint density at radius 3 is 2.36 bits per heavy atom. The SMILES string of the molecule is COC(=O)c1ccc(NC(=O)CN[C@H](c2ccc(C)cc2)c2cccs2)cc1. The first kappa shape index (κ1) is 19.8. The number of amides is 1. The van der Waals surface area contributed by atoms with Crippen LogP contribution in [0.1, 0.15) is 32.4 Å². The summed E-state index contributed by atoms with van der Waals surface area (Å²) in [4.78, 5) is 25.0. The normalized spacial score (nSPS) is 11.6. The van der Waals surface area contributed by atoms with Gasteiger partial charge in [-0.1, -0.05) is 35.9 Å². The van der Waals surface area contributed by atoms with Crippen molar-refractivity contribution in [2.24, 2.45) is 0 Å². The number of carbonyl (C=O) groups is 2. The summed E-state index contributed by atoms with van der Waals surface area (Å²) in [6.07, 6.45) is 0. The van der Waals surface area contributed by atoms with Gasteiger partial charge in [-0.25, -0.2) is 4.79 Å². The number of aryl methyl sites for hydroxylation is 1. The van der Waals surface area contributed by atoms with Gasteiger partial charge in [-0.05, 0) is 48.2 Å². The maximum atomic E-state index is 12.4. The third kappa shape index (κ3) is 5.06. The molecule has 0 saturated carbocycles. The number of methoxy groups -OCH3 is 1. The Hall–Kier alpha value is -2.96. The highest BCUT2D eigenvalue weighted by molar-refractivity contribution is 7.10. The average Bonchev–Trinajstić information content (AvgIpc) is 3.24. The van der Waals surface area contributed by atoms with Gasteiger partial charge in [0.05, 0.1) is 25.3 Å². The lowest BCUT2D eigenvalue weighted by atomic mass is 10.0. The van der Waals surface area contributed by atoms with E-state index in [-0.39, 0.29) is 18.5 Å². The van der Waals surface area contributed by atoms with Crippen molar-refractivity contribution in [2.75, 3.05) is 19.0 Å². The van der Waals surface area contributed by atoms with Crippen molar-refractivity contribution in [1.29, 1.82) is 0 Å². The lowest BCUT2D eigenvalue weighted by Gasteiger charge is -2.18. The van der Waals surface area contributed by atoms with Crippen LogP contribution in [0.25, 0.3) is 0 Å². The summed E-state index contributed by atoms with van der Waals surface area (Å²) in [7, 11) is 1.34. The zero-order chi connectivity index (χ0) is 19.9. The highest BCUT2D eigenvalue weighted by Crippen LogP contribution is 2.26. The standard InChI is InChI=1S/C22H22N2O3S/c1-15-5-7-16(8-6-15)21(19-4-3-13-28-19)23-14-20(25)24-18-11-9-17(10-12-18)22(26)27-2/h3-13,21,23H,14H2,1-2H3,(H,24,25)/t21-/m1/s1. The first-order valence-corrected chi connectivity index (χ1v) is 9.76. The smallest absolute Gasteiger partial charge is 0.337 e. The fourth-order valence-corrected chi connectivity index (χ4v) is 3.63. The minimum Gasteiger partial charge on any atom is -0.465 e. The van der Waals surface area contributed by atoms with Gasteiger partial charge in [-0.2, -0.15) is 0 Å². The lowest BCUT2D eigenvalue weighted by molar-refractivity contribution is -0.115. The van der Waals surface area contributed by atoms with E-state index >= 15 is 0 Å². The van der Waals surface area contributed by atoms with E-state index in [1.54, 1.807) is 35.6 Å². The summed E-state index contributed by atoms with van der Waals surface area (Å²) in [5.74, 6) is -0.559. The van der Waals surface area contributed by atoms with Gasteiger partial charge in [-0.3, -0.25) is 10.1 Å². The van der Waals surface area contributed by atoms with Crippen molar-refractivity contribution in [3.63, 3.8) is 0 Å². The quantitative estimate of drug-likeness (QED) is 0.591. The molecule has 6 heteroatoms. The number of esters is 1. The maximum absolute atomic E-state index is 12.4. The molecule has 1 heterocycles. The molecule has 2 N–H and O–H groups in total. The predicted octanol–water partition coefficient (Wildman–Crippen LogP) is 4.16. The lowest BCUT2D eigenvalue weighted by Crippen LogP contribution is -2.31. The molecular formula is C22H22N2O3S. The van der Waals surface area contributed by atoms with Gasteiger partial charge in [-0.15, -0.1) is 11.3 Å². The first-order valence-electron chi connectivity index (χ1n) is 8.88. The molecule has 5 nitrogen and oxygen atoms in total. The zero-order valence-electron chi connectivity index (χ0n) is 15.8. The Bertz CT molecular complexity index is 919. The summed E-state index contributed by atoms with van der Waals surface area (Å²) in [5, 5.41) is 8.21. The zero-order valence-corrected chi connectivity index (χ0v) is 16.6. The van der Waals surface area contributed by atoms with Crippen LogP contribution in [-0.4, -0.2) is 25.5 Å². The number of rotatable bonds is 7. The highest BCUT2D eigenvalue weighted by atomic mass is 32.1. The monoisotopic (exact) mass is 394 g/mol. The molecule has 0 bridgehead atoms. The van der Waals surface area contributed by atoms with Crippen molar-refractivity contribution in [1.82, 2.24) is 5.32 Å². The molecule has 3 rings (SSSR count). The molecule has 0 unspecified atom stereocenters. The molecular weight excluding hydrogens is 372 g/mol. The molecule has 1 atom stereocenters. The van der Waals surface area contributed by atoms with Crippen molar-refractivity contribution in [2.45, 2.75) is 13.0 Å². The van der Waals surface area contributed by atoms with E-state index in [2.05, 4.69) is 52.6 Å². The van der Waals surface area contributed by atoms with E-state index in [1.165, 1.54) is 12.7 Å². The van der Waals surface area contributed by atoms with Crippen LogP contribution >= 0.6 is 11.3 Å². The second-order valence-corrected chi connectivity index (χ2v) is 7.34. The van der Waals surface area contributed by atoms with Crippen LogP contribution in [0, 0.1) is 6.92 Å². The molecule has 0 spiro atoms. The second-order valence-electron chi connectivity index (χ2n) is 6.36. The Morgan fingerprint density at radius 1 is 1.04 bits per heavy atom. The van der Waals surface area contributed by atoms with Crippen molar-refractivity contribution in [3.05, 3.63) is 87.6 Å². The number of nitrogens with one attached hydrogen (secondary N) is 2. The minimum absolute atomic E-state index is 0.0481. The van der Waals surface area contributed by atoms with E-state index < -0.39 is 5.97 Å². The van der Waals surface area contributed by atoms with E-state index in [0.29, 0.717) is 11.3 Å². The number of hydrogen-bond donors (Lipinski definition) is 2. The Kier molecular flexibility index (Phi) is 6.57. The third-order valence-electron chi connectivity index (χ3n) is 4.29. The molecule has 28 heavy (non-hydrogen) atoms. The average molecular weight is 394 g/mol. The van der Waals surface area contributed by atoms with Gasteiger partial charge >= 0.3 is 5.97 Å². The van der Waals surface area contributed by atoms with Gasteiger partial charge in [0.1, 0.15) is 0 Å². The van der Waals surface area contributed by atoms with Crippen molar-refractivity contribution >= 4 is 28.9 Å². The van der Waals surface area contributed by atoms with Gasteiger partial charge < -0.3 is 10.1 Å². The number of anilines is 1. The van der Waals surface area contributed by atoms with Crippen molar-refractivity contribution in [3.8, 4) is 0 Å². The highest BCUT2D eigenvalue weighted by Gasteiger charge is 2.16. The molecule has 144 valence electrons. The fraction of sp³-hybridized carbons (Fsp3) is 0.182. The third-order valence-corrected chi connectivity index (χ3v) is 5.23. The minimum atomic E-state index is -0.406. The van der Waals surface area contributed by atoms with Gasteiger partial charge in [0.15, 0.2) is 0 Å². The molecule has 0 aliphatic carbocycles. The van der Waals surface area contributed by atoms with Crippen LogP contribution in [0.3, 0.4) is 0 Å². The predicted molar refractivity (Wildman–Crippen MR) is 112 cm³/mol. The molecule has 1 aromatic heterocycles. The molecule has 0 aliphatic rings. The Morgan fingerprint density at radius 2 is 1.75 bits per heavy atom. The second kappa shape index (κ2) is 9.30. The van der Waals surface area contributed by atoms with Gasteiger partial charge in [0.25, 0.3) is 0 Å². The number of hydrogen-bond acceptors (Lipinski definition) is 5. The van der Waals surface area contributed by atoms with E-state index in [4.69, 9.17) is 0 Å². The molecule has 2 aromatic carbocycles. The molecule has 0 aliphatic heterocycles. The molecule has 0 radical (unpaired) electrons. The van der Waals surface area contributed by atoms with E-state index in [9.17, 15) is 9.59 Å². The summed E-state index contributed by atoms with van der Waals surface area (Å²) < 4.78 is 4.67. The summed E-state index contributed by atoms with van der Waals surface area (Å²) >= 11 is 1.65. The summed E-state index contributed by atoms with van der Waals surface area (Å²) in [6.45, 7) is 2.21. The number of ether oxygens (including phenoxy) is 1. The number of benzene rings is 2. The molecule has 1 amide bonds. The summed E-state index contributed by atoms with van der Waals surface area (Å²) in [6, 6.07) is 18.9. The van der Waals surface area contributed by atoms with Crippen LogP contribution in [0.5, 0.6) is 0 Å². The van der Waals surface area contributed by atoms with Crippen LogP contribution < -0.4 is 10.6 Å².